The van der Waals surface area contributed by atoms with Crippen LogP contribution < -0.4 is 10.6 Å². The molecular weight excluding hydrogens is 560 g/mol. The van der Waals surface area contributed by atoms with Gasteiger partial charge >= 0.3 is 5.97 Å². The van der Waals surface area contributed by atoms with Crippen LogP contribution in [0.5, 0.6) is 5.75 Å². The maximum Gasteiger partial charge on any atom is 0.335 e. The highest BCUT2D eigenvalue weighted by Crippen LogP contribution is 2.40. The smallest absolute Gasteiger partial charge is 0.335 e. The number of amides is 1. The Morgan fingerprint density at radius 1 is 0.953 bits per heavy atom. The molecule has 0 spiro atoms. The zero-order valence-corrected chi connectivity index (χ0v) is 27.1. The van der Waals surface area contributed by atoms with Gasteiger partial charge in [-0.25, -0.2) is 4.79 Å². The minimum Gasteiger partial charge on any atom is -0.508 e. The van der Waals surface area contributed by atoms with E-state index in [2.05, 4.69) is 63.6 Å². The van der Waals surface area contributed by atoms with E-state index in [1.807, 2.05) is 24.3 Å². The molecule has 0 saturated carbocycles. The van der Waals surface area contributed by atoms with Crippen molar-refractivity contribution in [3.8, 4) is 5.75 Å². The second kappa shape index (κ2) is 14.8. The zero-order valence-electron chi connectivity index (χ0n) is 26.1. The van der Waals surface area contributed by atoms with E-state index in [-0.39, 0.29) is 47.4 Å². The fourth-order valence-corrected chi connectivity index (χ4v) is 5.79. The molecule has 0 saturated heterocycles. The topological polar surface area (TPSA) is 128 Å². The third kappa shape index (κ3) is 10.0. The van der Waals surface area contributed by atoms with Gasteiger partial charge in [-0.1, -0.05) is 63.2 Å². The van der Waals surface area contributed by atoms with E-state index in [0.29, 0.717) is 18.7 Å². The van der Waals surface area contributed by atoms with Gasteiger partial charge in [-0.05, 0) is 78.0 Å². The molecule has 0 heterocycles. The molecule has 3 aromatic carbocycles. The van der Waals surface area contributed by atoms with E-state index in [1.54, 1.807) is 18.2 Å². The third-order valence-corrected chi connectivity index (χ3v) is 12.6. The number of nitrogens with one attached hydrogen (secondary N) is 2. The Balaban J connectivity index is 1.60. The van der Waals surface area contributed by atoms with Crippen LogP contribution >= 0.6 is 0 Å². The summed E-state index contributed by atoms with van der Waals surface area (Å²) >= 11 is 0. The number of rotatable bonds is 14. The lowest BCUT2D eigenvalue weighted by molar-refractivity contribution is -0.120. The number of carboxylic acids is 1. The first-order chi connectivity index (χ1) is 20.2. The van der Waals surface area contributed by atoms with Crippen molar-refractivity contribution >= 4 is 20.2 Å². The van der Waals surface area contributed by atoms with Gasteiger partial charge in [0.15, 0.2) is 8.32 Å². The highest BCUT2D eigenvalue weighted by atomic mass is 28.4. The van der Waals surface area contributed by atoms with Gasteiger partial charge in [0.2, 0.25) is 5.91 Å². The largest absolute Gasteiger partial charge is 0.508 e. The van der Waals surface area contributed by atoms with Gasteiger partial charge in [0.25, 0.3) is 0 Å². The molecule has 0 bridgehead atoms. The summed E-state index contributed by atoms with van der Waals surface area (Å²) in [7, 11) is -2.12. The average Bonchev–Trinajstić information content (AvgIpc) is 2.94. The Morgan fingerprint density at radius 3 is 2.26 bits per heavy atom. The molecule has 1 amide bonds. The Hall–Kier alpha value is -3.50. The van der Waals surface area contributed by atoms with Crippen LogP contribution in [0, 0.1) is 0 Å². The molecule has 0 radical (unpaired) electrons. The lowest BCUT2D eigenvalue weighted by Crippen LogP contribution is -2.44. The summed E-state index contributed by atoms with van der Waals surface area (Å²) in [6.07, 6.45) is 0.763. The number of aromatic hydroxyl groups is 1. The second-order valence-electron chi connectivity index (χ2n) is 12.7. The van der Waals surface area contributed by atoms with Gasteiger partial charge < -0.3 is 30.4 Å². The molecule has 5 N–H and O–H groups in total. The predicted molar refractivity (Wildman–Crippen MR) is 172 cm³/mol. The maximum atomic E-state index is 12.6. The molecule has 3 aromatic rings. The zero-order chi connectivity index (χ0) is 31.8. The number of carboxylic acid groups (broad SMARTS) is 1. The maximum absolute atomic E-state index is 12.6. The van der Waals surface area contributed by atoms with Crippen molar-refractivity contribution in [2.24, 2.45) is 0 Å². The van der Waals surface area contributed by atoms with E-state index in [9.17, 15) is 19.8 Å². The standard InChI is InChI=1S/C34H46N2O6Si/c1-23(35-21-31(42-43(5,6)34(2,3)4)28-14-15-30(38)29(19-28)22-37)16-25-8-7-9-26(17-25)18-32(39)36-20-24-10-12-27(13-11-24)33(40)41/h7-15,17,19,23,31,35,37-38H,16,18,20-22H2,1-6H3,(H,36,39)(H,40,41)/t23-,31+/m1/s1. The van der Waals surface area contributed by atoms with Crippen molar-refractivity contribution in [2.45, 2.75) is 84.0 Å². The average molecular weight is 607 g/mol. The summed E-state index contributed by atoms with van der Waals surface area (Å²) in [5, 5.41) is 35.4. The molecule has 0 aliphatic carbocycles. The number of hydrogen-bond donors (Lipinski definition) is 5. The molecule has 232 valence electrons. The van der Waals surface area contributed by atoms with Gasteiger partial charge in [0.05, 0.1) is 24.7 Å². The lowest BCUT2D eigenvalue weighted by atomic mass is 10.0. The van der Waals surface area contributed by atoms with E-state index >= 15 is 0 Å². The van der Waals surface area contributed by atoms with E-state index in [4.69, 9.17) is 9.53 Å². The van der Waals surface area contributed by atoms with Gasteiger partial charge in [-0.2, -0.15) is 0 Å². The van der Waals surface area contributed by atoms with Crippen LogP contribution in [0.15, 0.2) is 66.7 Å². The third-order valence-electron chi connectivity index (χ3n) is 8.13. The van der Waals surface area contributed by atoms with Crippen LogP contribution in [0.1, 0.15) is 72.0 Å². The van der Waals surface area contributed by atoms with Gasteiger partial charge in [-0.15, -0.1) is 0 Å². The number of benzene rings is 3. The van der Waals surface area contributed by atoms with Crippen LogP contribution in [0.4, 0.5) is 0 Å². The monoisotopic (exact) mass is 606 g/mol. The fourth-order valence-electron chi connectivity index (χ4n) is 4.51. The van der Waals surface area contributed by atoms with Crippen LogP contribution in [0.2, 0.25) is 18.1 Å². The highest BCUT2D eigenvalue weighted by molar-refractivity contribution is 6.74. The number of phenols is 1. The SMILES string of the molecule is C[C@H](Cc1cccc(CC(=O)NCc2ccc(C(=O)O)cc2)c1)NC[C@H](O[Si](C)(C)C(C)(C)C)c1ccc(O)c(CO)c1. The number of hydrogen-bond acceptors (Lipinski definition) is 6. The molecule has 2 atom stereocenters. The second-order valence-corrected chi connectivity index (χ2v) is 17.5. The Labute approximate surface area is 256 Å². The van der Waals surface area contributed by atoms with Crippen molar-refractivity contribution in [3.63, 3.8) is 0 Å². The van der Waals surface area contributed by atoms with Crippen LogP contribution in [0.3, 0.4) is 0 Å². The molecule has 0 unspecified atom stereocenters. The highest BCUT2D eigenvalue weighted by Gasteiger charge is 2.39. The molecule has 0 aromatic heterocycles. The van der Waals surface area contributed by atoms with Gasteiger partial charge in [0, 0.05) is 24.7 Å². The lowest BCUT2D eigenvalue weighted by Gasteiger charge is -2.40. The van der Waals surface area contributed by atoms with Crippen molar-refractivity contribution in [1.82, 2.24) is 10.6 Å². The number of aromatic carboxylic acids is 1. The van der Waals surface area contributed by atoms with Crippen molar-refractivity contribution < 1.29 is 29.3 Å². The van der Waals surface area contributed by atoms with Crippen molar-refractivity contribution in [2.75, 3.05) is 6.54 Å². The molecular formula is C34H46N2O6Si. The molecule has 0 fully saturated rings. The summed E-state index contributed by atoms with van der Waals surface area (Å²) in [4.78, 5) is 23.6. The van der Waals surface area contributed by atoms with Crippen LogP contribution in [-0.2, 0) is 35.2 Å². The van der Waals surface area contributed by atoms with Crippen molar-refractivity contribution in [3.05, 3.63) is 100 Å². The quantitative estimate of drug-likeness (QED) is 0.148. The summed E-state index contributed by atoms with van der Waals surface area (Å²) < 4.78 is 6.81. The van der Waals surface area contributed by atoms with Crippen LogP contribution in [0.25, 0.3) is 0 Å². The number of aliphatic hydroxyl groups is 1. The first-order valence-corrected chi connectivity index (χ1v) is 17.6. The normalized spacial score (nSPS) is 13.4. The Kier molecular flexibility index (Phi) is 11.7. The predicted octanol–water partition coefficient (Wildman–Crippen LogP) is 5.73. The molecule has 0 aliphatic heterocycles. The number of aliphatic hydroxyl groups excluding tert-OH is 1. The Morgan fingerprint density at radius 2 is 1.63 bits per heavy atom. The van der Waals surface area contributed by atoms with Gasteiger partial charge in [-0.3, -0.25) is 4.79 Å². The van der Waals surface area contributed by atoms with Gasteiger partial charge in [0.1, 0.15) is 5.75 Å². The van der Waals surface area contributed by atoms with E-state index in [1.165, 1.54) is 12.1 Å². The molecule has 8 nitrogen and oxygen atoms in total. The van der Waals surface area contributed by atoms with Crippen LogP contribution in [-0.4, -0.2) is 48.1 Å². The minimum atomic E-state index is -2.12. The molecule has 43 heavy (non-hydrogen) atoms. The molecule has 3 rings (SSSR count). The summed E-state index contributed by atoms with van der Waals surface area (Å²) in [6, 6.07) is 19.9. The van der Waals surface area contributed by atoms with Crippen molar-refractivity contribution in [1.29, 1.82) is 0 Å². The summed E-state index contributed by atoms with van der Waals surface area (Å²) in [5.74, 6) is -1.01. The summed E-state index contributed by atoms with van der Waals surface area (Å²) in [6.45, 7) is 13.8. The fraction of sp³-hybridized carbons (Fsp3) is 0.412. The summed E-state index contributed by atoms with van der Waals surface area (Å²) in [5.41, 5.74) is 4.48. The molecule has 0 aliphatic rings. The molecule has 9 heteroatoms. The van der Waals surface area contributed by atoms with E-state index < -0.39 is 14.3 Å². The Bertz CT molecular complexity index is 1380. The first kappa shape index (κ1) is 34.0. The minimum absolute atomic E-state index is 0.0191. The van der Waals surface area contributed by atoms with E-state index in [0.717, 1.165) is 28.7 Å². The number of carbonyl (C=O) groups excluding carboxylic acids is 1. The number of carbonyl (C=O) groups is 2. The first-order valence-electron chi connectivity index (χ1n) is 14.7.